The molecule has 2 aliphatic carbocycles. The smallest absolute Gasteiger partial charge is 0.276 e. The van der Waals surface area contributed by atoms with E-state index in [1.807, 2.05) is 23.3 Å². The number of aryl methyl sites for hydroxylation is 1. The van der Waals surface area contributed by atoms with E-state index in [1.54, 1.807) is 16.7 Å². The number of amides is 2. The molecule has 150 valence electrons. The number of rotatable bonds is 6. The molecule has 2 amide bonds. The highest BCUT2D eigenvalue weighted by molar-refractivity contribution is 7.10. The van der Waals surface area contributed by atoms with Crippen LogP contribution < -0.4 is 5.32 Å². The zero-order valence-electron chi connectivity index (χ0n) is 16.1. The van der Waals surface area contributed by atoms with Crippen molar-refractivity contribution in [3.05, 3.63) is 33.0 Å². The van der Waals surface area contributed by atoms with Gasteiger partial charge >= 0.3 is 0 Å². The number of hydrogen-bond acceptors (Lipinski definition) is 6. The van der Waals surface area contributed by atoms with Gasteiger partial charge in [-0.3, -0.25) is 9.59 Å². The van der Waals surface area contributed by atoms with Gasteiger partial charge in [0.25, 0.3) is 5.91 Å². The van der Waals surface area contributed by atoms with Gasteiger partial charge in [0.1, 0.15) is 6.04 Å². The van der Waals surface area contributed by atoms with Gasteiger partial charge in [-0.05, 0) is 61.1 Å². The summed E-state index contributed by atoms with van der Waals surface area (Å²) in [5, 5.41) is 10.9. The first kappa shape index (κ1) is 19.5. The lowest BCUT2D eigenvalue weighted by Crippen LogP contribution is -2.49. The Bertz CT molecular complexity index is 808. The van der Waals surface area contributed by atoms with Crippen LogP contribution in [0.4, 0.5) is 0 Å². The van der Waals surface area contributed by atoms with Gasteiger partial charge in [-0.1, -0.05) is 30.2 Å². The number of carbonyl (C=O) groups excluding carboxylic acids is 2. The van der Waals surface area contributed by atoms with Crippen LogP contribution in [0, 0.1) is 6.92 Å². The third-order valence-corrected chi connectivity index (χ3v) is 7.49. The van der Waals surface area contributed by atoms with Crippen molar-refractivity contribution in [2.45, 2.75) is 76.4 Å². The van der Waals surface area contributed by atoms with E-state index in [1.165, 1.54) is 11.5 Å². The van der Waals surface area contributed by atoms with Crippen molar-refractivity contribution in [2.24, 2.45) is 0 Å². The van der Waals surface area contributed by atoms with Gasteiger partial charge in [0, 0.05) is 22.3 Å². The quantitative estimate of drug-likeness (QED) is 0.767. The summed E-state index contributed by atoms with van der Waals surface area (Å²) in [6.45, 7) is 2.02. The number of carbonyl (C=O) groups is 2. The molecule has 8 heteroatoms. The maximum atomic E-state index is 13.5. The lowest BCUT2D eigenvalue weighted by Gasteiger charge is -2.35. The van der Waals surface area contributed by atoms with Crippen LogP contribution in [0.2, 0.25) is 0 Å². The average Bonchev–Trinajstić information content (AvgIpc) is 3.47. The first-order valence-corrected chi connectivity index (χ1v) is 11.8. The standard InChI is InChI=1S/C20H26N4O2S2/c1-13-10-11-27-18(13)17(19(25)21-14-6-2-3-7-14)24(15-8-4-5-9-15)20(26)16-12-28-23-22-16/h10-12,14-15,17H,2-9H2,1H3,(H,21,25)/t17-/m0/s1. The Labute approximate surface area is 173 Å². The van der Waals surface area contributed by atoms with Crippen LogP contribution in [-0.2, 0) is 4.79 Å². The van der Waals surface area contributed by atoms with E-state index in [2.05, 4.69) is 14.9 Å². The van der Waals surface area contributed by atoms with Crippen molar-refractivity contribution in [3.8, 4) is 0 Å². The monoisotopic (exact) mass is 418 g/mol. The first-order valence-electron chi connectivity index (χ1n) is 10.1. The van der Waals surface area contributed by atoms with Crippen molar-refractivity contribution < 1.29 is 9.59 Å². The van der Waals surface area contributed by atoms with Crippen molar-refractivity contribution in [1.29, 1.82) is 0 Å². The van der Waals surface area contributed by atoms with E-state index >= 15 is 0 Å². The van der Waals surface area contributed by atoms with Crippen molar-refractivity contribution >= 4 is 34.7 Å². The van der Waals surface area contributed by atoms with Gasteiger partial charge in [0.15, 0.2) is 5.69 Å². The van der Waals surface area contributed by atoms with Crippen LogP contribution >= 0.6 is 22.9 Å². The Balaban J connectivity index is 1.70. The largest absolute Gasteiger partial charge is 0.351 e. The van der Waals surface area contributed by atoms with Crippen molar-refractivity contribution in [3.63, 3.8) is 0 Å². The lowest BCUT2D eigenvalue weighted by molar-refractivity contribution is -0.127. The second kappa shape index (κ2) is 8.69. The van der Waals surface area contributed by atoms with E-state index in [9.17, 15) is 9.59 Å². The molecule has 28 heavy (non-hydrogen) atoms. The summed E-state index contributed by atoms with van der Waals surface area (Å²) in [5.74, 6) is -0.235. The topological polar surface area (TPSA) is 75.2 Å². The molecular formula is C20H26N4O2S2. The van der Waals surface area contributed by atoms with Crippen LogP contribution in [-0.4, -0.2) is 38.4 Å². The molecule has 2 aliphatic rings. The number of aromatic nitrogens is 2. The Hall–Kier alpha value is -1.80. The summed E-state index contributed by atoms with van der Waals surface area (Å²) >= 11 is 2.73. The molecule has 2 aromatic rings. The van der Waals surface area contributed by atoms with Gasteiger partial charge in [-0.25, -0.2) is 0 Å². The SMILES string of the molecule is Cc1ccsc1[C@@H](C(=O)NC1CCCC1)N(C(=O)c1csnn1)C1CCCC1. The minimum absolute atomic E-state index is 0.0547. The van der Waals surface area contributed by atoms with Crippen LogP contribution in [0.1, 0.15) is 78.3 Å². The molecule has 0 unspecified atom stereocenters. The minimum Gasteiger partial charge on any atom is -0.351 e. The Morgan fingerprint density at radius 2 is 1.89 bits per heavy atom. The van der Waals surface area contributed by atoms with Crippen molar-refractivity contribution in [2.75, 3.05) is 0 Å². The minimum atomic E-state index is -0.599. The average molecular weight is 419 g/mol. The molecule has 0 saturated heterocycles. The van der Waals surface area contributed by atoms with Crippen LogP contribution in [0.3, 0.4) is 0 Å². The van der Waals surface area contributed by atoms with E-state index < -0.39 is 6.04 Å². The molecule has 4 rings (SSSR count). The van der Waals surface area contributed by atoms with Crippen molar-refractivity contribution in [1.82, 2.24) is 19.8 Å². The molecule has 0 radical (unpaired) electrons. The van der Waals surface area contributed by atoms with Crippen LogP contribution in [0.25, 0.3) is 0 Å². The normalized spacial score (nSPS) is 19.0. The molecular weight excluding hydrogens is 392 g/mol. The highest BCUT2D eigenvalue weighted by Crippen LogP contribution is 2.36. The highest BCUT2D eigenvalue weighted by atomic mass is 32.1. The summed E-state index contributed by atoms with van der Waals surface area (Å²) in [4.78, 5) is 29.7. The van der Waals surface area contributed by atoms with E-state index in [0.717, 1.165) is 61.8 Å². The van der Waals surface area contributed by atoms with Crippen LogP contribution in [0.5, 0.6) is 0 Å². The lowest BCUT2D eigenvalue weighted by atomic mass is 10.0. The number of nitrogens with one attached hydrogen (secondary N) is 1. The molecule has 1 atom stereocenters. The molecule has 0 bridgehead atoms. The van der Waals surface area contributed by atoms with E-state index in [-0.39, 0.29) is 23.9 Å². The van der Waals surface area contributed by atoms with Crippen LogP contribution in [0.15, 0.2) is 16.8 Å². The zero-order valence-corrected chi connectivity index (χ0v) is 17.7. The Kier molecular flexibility index (Phi) is 6.06. The maximum absolute atomic E-state index is 13.5. The molecule has 2 fully saturated rings. The van der Waals surface area contributed by atoms with E-state index in [4.69, 9.17) is 0 Å². The maximum Gasteiger partial charge on any atom is 0.276 e. The second-order valence-corrected chi connectivity index (χ2v) is 9.36. The fourth-order valence-corrected chi connectivity index (χ4v) is 5.91. The molecule has 1 N–H and O–H groups in total. The first-order chi connectivity index (χ1) is 13.6. The van der Waals surface area contributed by atoms with E-state index in [0.29, 0.717) is 5.69 Å². The van der Waals surface area contributed by atoms with Gasteiger partial charge in [0.05, 0.1) is 0 Å². The number of nitrogens with zero attached hydrogens (tertiary/aromatic N) is 3. The zero-order chi connectivity index (χ0) is 19.5. The van der Waals surface area contributed by atoms with Gasteiger partial charge in [-0.2, -0.15) is 0 Å². The molecule has 0 aliphatic heterocycles. The summed E-state index contributed by atoms with van der Waals surface area (Å²) in [6, 6.07) is 1.71. The Morgan fingerprint density at radius 3 is 2.50 bits per heavy atom. The molecule has 6 nitrogen and oxygen atoms in total. The number of thiophene rings is 1. The summed E-state index contributed by atoms with van der Waals surface area (Å²) in [6.07, 6.45) is 8.40. The third kappa shape index (κ3) is 3.98. The third-order valence-electron chi connectivity index (χ3n) is 5.91. The Morgan fingerprint density at radius 1 is 1.18 bits per heavy atom. The molecule has 0 spiro atoms. The molecule has 0 aromatic carbocycles. The highest BCUT2D eigenvalue weighted by Gasteiger charge is 2.40. The fraction of sp³-hybridized carbons (Fsp3) is 0.600. The molecule has 2 heterocycles. The summed E-state index contributed by atoms with van der Waals surface area (Å²) in [7, 11) is 0. The molecule has 2 saturated carbocycles. The second-order valence-electron chi connectivity index (χ2n) is 7.80. The predicted octanol–water partition coefficient (Wildman–Crippen LogP) is 4.09. The number of hydrogen-bond donors (Lipinski definition) is 1. The van der Waals surface area contributed by atoms with Gasteiger partial charge in [0.2, 0.25) is 5.91 Å². The van der Waals surface area contributed by atoms with Gasteiger partial charge < -0.3 is 10.2 Å². The fourth-order valence-electron chi connectivity index (χ4n) is 4.45. The van der Waals surface area contributed by atoms with Gasteiger partial charge in [-0.15, -0.1) is 16.4 Å². The summed E-state index contributed by atoms with van der Waals surface area (Å²) < 4.78 is 3.87. The molecule has 2 aromatic heterocycles. The predicted molar refractivity (Wildman–Crippen MR) is 111 cm³/mol. The summed E-state index contributed by atoms with van der Waals surface area (Å²) in [5.41, 5.74) is 1.40.